The Hall–Kier alpha value is -3.70. The second kappa shape index (κ2) is 9.88. The van der Waals surface area contributed by atoms with E-state index in [9.17, 15) is 9.65 Å². The van der Waals surface area contributed by atoms with Gasteiger partial charge in [-0.2, -0.15) is 20.7 Å². The molecule has 35 heavy (non-hydrogen) atoms. The van der Waals surface area contributed by atoms with Crippen LogP contribution in [0.5, 0.6) is 0 Å². The summed E-state index contributed by atoms with van der Waals surface area (Å²) in [4.78, 5) is 4.44. The molecule has 0 spiro atoms. The fourth-order valence-corrected chi connectivity index (χ4v) is 3.91. The number of nitrogens with zero attached hydrogens (tertiary/aromatic N) is 4. The van der Waals surface area contributed by atoms with Crippen LogP contribution in [0.25, 0.3) is 10.9 Å². The second-order valence-corrected chi connectivity index (χ2v) is 9.94. The SMILES string of the molecule is CC(C)C(C)(C)CNc1c(C#N)cnc2c(Cl)cc(N[C@@H](c3ccc(F)cc3)c3cn[nH]n3)cc12. The summed E-state index contributed by atoms with van der Waals surface area (Å²) in [6.45, 7) is 9.40. The maximum absolute atomic E-state index is 13.6. The minimum Gasteiger partial charge on any atom is -0.383 e. The number of aromatic amines is 1. The van der Waals surface area contributed by atoms with Crippen molar-refractivity contribution < 1.29 is 4.39 Å². The van der Waals surface area contributed by atoms with Crippen molar-refractivity contribution in [3.63, 3.8) is 0 Å². The van der Waals surface area contributed by atoms with E-state index in [0.717, 1.165) is 10.9 Å². The lowest BCUT2D eigenvalue weighted by Gasteiger charge is -2.30. The highest BCUT2D eigenvalue weighted by Crippen LogP contribution is 2.36. The van der Waals surface area contributed by atoms with Gasteiger partial charge in [0.25, 0.3) is 0 Å². The fraction of sp³-hybridized carbons (Fsp3) is 0.308. The maximum Gasteiger partial charge on any atom is 0.123 e. The Morgan fingerprint density at radius 2 is 1.91 bits per heavy atom. The number of H-pyrrole nitrogens is 1. The summed E-state index contributed by atoms with van der Waals surface area (Å²) >= 11 is 6.65. The number of hydrogen-bond acceptors (Lipinski definition) is 6. The standard InChI is InChI=1S/C26H27ClFN7/c1-15(2)26(3,4)14-31-23-17(11-29)12-30-25-20(23)9-19(10-21(25)27)33-24(22-13-32-35-34-22)16-5-7-18(28)8-6-16/h5-10,12-13,15,24,33H,14H2,1-4H3,(H,30,31)(H,32,34,35)/t24-/m0/s1. The maximum atomic E-state index is 13.6. The van der Waals surface area contributed by atoms with E-state index in [1.807, 2.05) is 6.07 Å². The van der Waals surface area contributed by atoms with Crippen LogP contribution in [0, 0.1) is 28.5 Å². The summed E-state index contributed by atoms with van der Waals surface area (Å²) in [5.41, 5.74) is 3.87. The molecule has 0 aliphatic heterocycles. The summed E-state index contributed by atoms with van der Waals surface area (Å²) < 4.78 is 13.6. The molecule has 2 aromatic heterocycles. The molecule has 180 valence electrons. The number of hydrogen-bond donors (Lipinski definition) is 3. The predicted molar refractivity (Wildman–Crippen MR) is 137 cm³/mol. The molecule has 3 N–H and O–H groups in total. The molecular weight excluding hydrogens is 465 g/mol. The van der Waals surface area contributed by atoms with Crippen molar-refractivity contribution in [1.29, 1.82) is 5.26 Å². The zero-order valence-corrected chi connectivity index (χ0v) is 20.8. The number of fused-ring (bicyclic) bond motifs is 1. The number of benzene rings is 2. The molecule has 0 saturated carbocycles. The Balaban J connectivity index is 1.78. The van der Waals surface area contributed by atoms with Crippen LogP contribution in [-0.4, -0.2) is 26.9 Å². The minimum atomic E-state index is -0.411. The molecule has 0 saturated heterocycles. The van der Waals surface area contributed by atoms with Gasteiger partial charge in [0, 0.05) is 23.8 Å². The van der Waals surface area contributed by atoms with E-state index in [0.29, 0.717) is 45.6 Å². The molecule has 4 aromatic rings. The van der Waals surface area contributed by atoms with Gasteiger partial charge in [-0.05, 0) is 41.2 Å². The molecule has 0 radical (unpaired) electrons. The second-order valence-electron chi connectivity index (χ2n) is 9.53. The van der Waals surface area contributed by atoms with Crippen LogP contribution in [-0.2, 0) is 0 Å². The summed E-state index contributed by atoms with van der Waals surface area (Å²) in [5, 5.41) is 28.6. The molecular formula is C26H27ClFN7. The first kappa shape index (κ1) is 24.4. The summed E-state index contributed by atoms with van der Waals surface area (Å²) in [5.74, 6) is 0.116. The lowest BCUT2D eigenvalue weighted by atomic mass is 9.81. The van der Waals surface area contributed by atoms with Gasteiger partial charge in [-0.25, -0.2) is 4.39 Å². The van der Waals surface area contributed by atoms with Crippen LogP contribution in [0.3, 0.4) is 0 Å². The number of halogens is 2. The molecule has 2 heterocycles. The highest BCUT2D eigenvalue weighted by atomic mass is 35.5. The molecule has 0 aliphatic carbocycles. The molecule has 0 unspecified atom stereocenters. The van der Waals surface area contributed by atoms with E-state index in [1.54, 1.807) is 30.6 Å². The van der Waals surface area contributed by atoms with E-state index in [4.69, 9.17) is 11.6 Å². The van der Waals surface area contributed by atoms with Crippen molar-refractivity contribution >= 4 is 33.9 Å². The molecule has 0 fully saturated rings. The number of rotatable bonds is 8. The third-order valence-corrected chi connectivity index (χ3v) is 6.86. The van der Waals surface area contributed by atoms with Crippen LogP contribution in [0.2, 0.25) is 5.02 Å². The smallest absolute Gasteiger partial charge is 0.123 e. The highest BCUT2D eigenvalue weighted by Gasteiger charge is 2.24. The van der Waals surface area contributed by atoms with E-state index in [2.05, 4.69) is 64.8 Å². The van der Waals surface area contributed by atoms with Gasteiger partial charge in [0.05, 0.1) is 34.0 Å². The largest absolute Gasteiger partial charge is 0.383 e. The summed E-state index contributed by atoms with van der Waals surface area (Å²) in [6, 6.07) is 11.7. The van der Waals surface area contributed by atoms with E-state index in [-0.39, 0.29) is 11.2 Å². The molecule has 7 nitrogen and oxygen atoms in total. The van der Waals surface area contributed by atoms with Gasteiger partial charge in [-0.15, -0.1) is 0 Å². The van der Waals surface area contributed by atoms with Crippen LogP contribution in [0.1, 0.15) is 50.6 Å². The Morgan fingerprint density at radius 1 is 1.17 bits per heavy atom. The molecule has 9 heteroatoms. The first-order valence-corrected chi connectivity index (χ1v) is 11.7. The van der Waals surface area contributed by atoms with Gasteiger partial charge in [0.15, 0.2) is 0 Å². The van der Waals surface area contributed by atoms with Crippen LogP contribution >= 0.6 is 11.6 Å². The quantitative estimate of drug-likeness (QED) is 0.267. The molecule has 1 atom stereocenters. The Bertz CT molecular complexity index is 1360. The van der Waals surface area contributed by atoms with Gasteiger partial charge in [-0.3, -0.25) is 4.98 Å². The molecule has 4 rings (SSSR count). The predicted octanol–water partition coefficient (Wildman–Crippen LogP) is 6.31. The Kier molecular flexibility index (Phi) is 6.90. The average Bonchev–Trinajstić information content (AvgIpc) is 3.36. The summed E-state index contributed by atoms with van der Waals surface area (Å²) in [7, 11) is 0. The van der Waals surface area contributed by atoms with Crippen molar-refractivity contribution in [3.05, 3.63) is 76.5 Å². The van der Waals surface area contributed by atoms with Crippen molar-refractivity contribution in [2.75, 3.05) is 17.2 Å². The number of anilines is 2. The minimum absolute atomic E-state index is 0.00258. The van der Waals surface area contributed by atoms with Gasteiger partial charge in [0.1, 0.15) is 17.6 Å². The Morgan fingerprint density at radius 3 is 2.54 bits per heavy atom. The lowest BCUT2D eigenvalue weighted by molar-refractivity contribution is 0.270. The number of pyridine rings is 1. The van der Waals surface area contributed by atoms with Gasteiger partial charge < -0.3 is 10.6 Å². The molecule has 0 bridgehead atoms. The first-order valence-electron chi connectivity index (χ1n) is 11.3. The Labute approximate surface area is 208 Å². The van der Waals surface area contributed by atoms with Crippen LogP contribution < -0.4 is 10.6 Å². The van der Waals surface area contributed by atoms with Crippen molar-refractivity contribution in [3.8, 4) is 6.07 Å². The number of aromatic nitrogens is 4. The van der Waals surface area contributed by atoms with Gasteiger partial charge in [-0.1, -0.05) is 51.4 Å². The first-order chi connectivity index (χ1) is 16.7. The number of nitriles is 1. The van der Waals surface area contributed by atoms with Crippen LogP contribution in [0.15, 0.2) is 48.8 Å². The zero-order chi connectivity index (χ0) is 25.2. The van der Waals surface area contributed by atoms with Crippen molar-refractivity contribution in [1.82, 2.24) is 20.4 Å². The van der Waals surface area contributed by atoms with Crippen LogP contribution in [0.4, 0.5) is 15.8 Å². The van der Waals surface area contributed by atoms with E-state index in [1.165, 1.54) is 12.1 Å². The highest BCUT2D eigenvalue weighted by molar-refractivity contribution is 6.35. The van der Waals surface area contributed by atoms with E-state index < -0.39 is 6.04 Å². The molecule has 0 amide bonds. The molecule has 0 aliphatic rings. The van der Waals surface area contributed by atoms with Gasteiger partial charge in [0.2, 0.25) is 0 Å². The third kappa shape index (κ3) is 5.20. The van der Waals surface area contributed by atoms with Gasteiger partial charge >= 0.3 is 0 Å². The average molecular weight is 492 g/mol. The zero-order valence-electron chi connectivity index (χ0n) is 20.0. The summed E-state index contributed by atoms with van der Waals surface area (Å²) in [6.07, 6.45) is 3.16. The monoisotopic (exact) mass is 491 g/mol. The molecule has 2 aromatic carbocycles. The third-order valence-electron chi connectivity index (χ3n) is 6.57. The lowest BCUT2D eigenvalue weighted by Crippen LogP contribution is -2.28. The van der Waals surface area contributed by atoms with Crippen molar-refractivity contribution in [2.45, 2.75) is 33.7 Å². The number of nitrogens with one attached hydrogen (secondary N) is 3. The fourth-order valence-electron chi connectivity index (χ4n) is 3.64. The van der Waals surface area contributed by atoms with E-state index >= 15 is 0 Å². The van der Waals surface area contributed by atoms with Crippen molar-refractivity contribution in [2.24, 2.45) is 11.3 Å². The topological polar surface area (TPSA) is 102 Å². The normalized spacial score (nSPS) is 12.5.